The SMILES string of the molecule is CCc1ccc(CCNc2ncc(C#N)c(N[C@@H]3CC[C@H](O)C(C)(C)C3)n2)cc1. The minimum Gasteiger partial charge on any atom is -0.393 e. The first-order valence-electron chi connectivity index (χ1n) is 10.4. The molecule has 154 valence electrons. The number of nitriles is 1. The first kappa shape index (κ1) is 21.1. The van der Waals surface area contributed by atoms with Gasteiger partial charge in [0.15, 0.2) is 0 Å². The monoisotopic (exact) mass is 393 g/mol. The Labute approximate surface area is 173 Å². The maximum absolute atomic E-state index is 10.2. The number of aliphatic hydroxyl groups is 1. The standard InChI is InChI=1S/C23H31N5O/c1-4-16-5-7-17(8-6-16)11-12-25-22-26-15-18(14-24)21(28-22)27-19-9-10-20(29)23(2,3)13-19/h5-8,15,19-20,29H,4,9-13H2,1-3H3,(H2,25,26,27,28)/t19-,20+/m1/s1. The molecule has 2 atom stereocenters. The van der Waals surface area contributed by atoms with Crippen LogP contribution in [-0.2, 0) is 12.8 Å². The average molecular weight is 394 g/mol. The van der Waals surface area contributed by atoms with Gasteiger partial charge in [-0.2, -0.15) is 10.2 Å². The zero-order valence-electron chi connectivity index (χ0n) is 17.6. The number of nitrogens with zero attached hydrogens (tertiary/aromatic N) is 3. The molecule has 3 rings (SSSR count). The quantitative estimate of drug-likeness (QED) is 0.660. The summed E-state index contributed by atoms with van der Waals surface area (Å²) in [5, 5.41) is 26.3. The van der Waals surface area contributed by atoms with Gasteiger partial charge in [-0.1, -0.05) is 45.0 Å². The van der Waals surface area contributed by atoms with Crippen LogP contribution in [0, 0.1) is 16.7 Å². The molecule has 1 aromatic heterocycles. The van der Waals surface area contributed by atoms with Crippen molar-refractivity contribution in [2.45, 2.75) is 65.0 Å². The molecule has 1 saturated carbocycles. The summed E-state index contributed by atoms with van der Waals surface area (Å²) < 4.78 is 0. The van der Waals surface area contributed by atoms with E-state index in [0.717, 1.165) is 38.6 Å². The second-order valence-corrected chi connectivity index (χ2v) is 8.54. The Hall–Kier alpha value is -2.65. The summed E-state index contributed by atoms with van der Waals surface area (Å²) in [6.07, 6.45) is 5.64. The molecular weight excluding hydrogens is 362 g/mol. The van der Waals surface area contributed by atoms with E-state index in [4.69, 9.17) is 0 Å². The maximum atomic E-state index is 10.2. The number of aliphatic hydroxyl groups excluding tert-OH is 1. The first-order valence-corrected chi connectivity index (χ1v) is 10.4. The molecule has 0 amide bonds. The number of benzene rings is 1. The number of aryl methyl sites for hydroxylation is 1. The lowest BCUT2D eigenvalue weighted by Gasteiger charge is -2.40. The van der Waals surface area contributed by atoms with Crippen LogP contribution in [0.25, 0.3) is 0 Å². The van der Waals surface area contributed by atoms with Gasteiger partial charge in [0.25, 0.3) is 0 Å². The smallest absolute Gasteiger partial charge is 0.224 e. The van der Waals surface area contributed by atoms with Gasteiger partial charge < -0.3 is 15.7 Å². The zero-order valence-corrected chi connectivity index (χ0v) is 17.6. The molecule has 29 heavy (non-hydrogen) atoms. The predicted octanol–water partition coefficient (Wildman–Crippen LogP) is 3.92. The maximum Gasteiger partial charge on any atom is 0.224 e. The number of hydrogen-bond acceptors (Lipinski definition) is 6. The first-order chi connectivity index (χ1) is 13.9. The Kier molecular flexibility index (Phi) is 6.71. The fourth-order valence-electron chi connectivity index (χ4n) is 3.86. The Morgan fingerprint density at radius 3 is 2.59 bits per heavy atom. The molecule has 1 aliphatic rings. The molecule has 3 N–H and O–H groups in total. The summed E-state index contributed by atoms with van der Waals surface area (Å²) in [7, 11) is 0. The van der Waals surface area contributed by atoms with Crippen LogP contribution in [0.15, 0.2) is 30.5 Å². The van der Waals surface area contributed by atoms with Gasteiger partial charge in [0.1, 0.15) is 17.5 Å². The number of hydrogen-bond donors (Lipinski definition) is 3. The van der Waals surface area contributed by atoms with Crippen LogP contribution in [0.2, 0.25) is 0 Å². The number of anilines is 2. The van der Waals surface area contributed by atoms with E-state index in [-0.39, 0.29) is 17.6 Å². The predicted molar refractivity (Wildman–Crippen MR) is 116 cm³/mol. The van der Waals surface area contributed by atoms with Crippen LogP contribution in [0.4, 0.5) is 11.8 Å². The summed E-state index contributed by atoms with van der Waals surface area (Å²) in [6, 6.07) is 11.0. The van der Waals surface area contributed by atoms with Gasteiger partial charge in [0, 0.05) is 12.6 Å². The minimum atomic E-state index is -0.287. The van der Waals surface area contributed by atoms with E-state index in [1.807, 2.05) is 0 Å². The van der Waals surface area contributed by atoms with Crippen LogP contribution >= 0.6 is 0 Å². The van der Waals surface area contributed by atoms with E-state index in [1.165, 1.54) is 11.1 Å². The third-order valence-electron chi connectivity index (χ3n) is 5.84. The van der Waals surface area contributed by atoms with Crippen molar-refractivity contribution in [3.63, 3.8) is 0 Å². The van der Waals surface area contributed by atoms with Gasteiger partial charge in [-0.15, -0.1) is 0 Å². The molecule has 2 aromatic rings. The molecule has 0 bridgehead atoms. The summed E-state index contributed by atoms with van der Waals surface area (Å²) in [6.45, 7) is 7.04. The summed E-state index contributed by atoms with van der Waals surface area (Å²) in [4.78, 5) is 8.82. The molecule has 0 spiro atoms. The summed E-state index contributed by atoms with van der Waals surface area (Å²) in [5.74, 6) is 1.08. The van der Waals surface area contributed by atoms with Crippen molar-refractivity contribution in [1.82, 2.24) is 9.97 Å². The topological polar surface area (TPSA) is 93.9 Å². The van der Waals surface area contributed by atoms with Gasteiger partial charge in [-0.25, -0.2) is 4.98 Å². The van der Waals surface area contributed by atoms with Crippen molar-refractivity contribution in [3.8, 4) is 6.07 Å². The van der Waals surface area contributed by atoms with Gasteiger partial charge in [-0.05, 0) is 48.6 Å². The second-order valence-electron chi connectivity index (χ2n) is 8.54. The Morgan fingerprint density at radius 2 is 1.93 bits per heavy atom. The lowest BCUT2D eigenvalue weighted by atomic mass is 9.73. The molecule has 6 nitrogen and oxygen atoms in total. The molecule has 1 fully saturated rings. The van der Waals surface area contributed by atoms with E-state index in [1.54, 1.807) is 6.20 Å². The number of rotatable bonds is 7. The Bertz CT molecular complexity index is 857. The van der Waals surface area contributed by atoms with E-state index in [2.05, 4.69) is 71.7 Å². The minimum absolute atomic E-state index is 0.149. The molecule has 1 aromatic carbocycles. The average Bonchev–Trinajstić information content (AvgIpc) is 2.71. The van der Waals surface area contributed by atoms with Crippen molar-refractivity contribution in [2.75, 3.05) is 17.2 Å². The van der Waals surface area contributed by atoms with E-state index in [9.17, 15) is 10.4 Å². The van der Waals surface area contributed by atoms with Crippen molar-refractivity contribution in [2.24, 2.45) is 5.41 Å². The lowest BCUT2D eigenvalue weighted by Crippen LogP contribution is -2.41. The Morgan fingerprint density at radius 1 is 1.21 bits per heavy atom. The molecule has 1 aliphatic carbocycles. The highest BCUT2D eigenvalue weighted by Crippen LogP contribution is 2.36. The van der Waals surface area contributed by atoms with Gasteiger partial charge in [-0.3, -0.25) is 0 Å². The highest BCUT2D eigenvalue weighted by molar-refractivity contribution is 5.54. The third-order valence-corrected chi connectivity index (χ3v) is 5.84. The van der Waals surface area contributed by atoms with Gasteiger partial charge in [0.05, 0.1) is 12.3 Å². The number of aromatic nitrogens is 2. The fraction of sp³-hybridized carbons (Fsp3) is 0.522. The Balaban J connectivity index is 1.61. The second kappa shape index (κ2) is 9.23. The van der Waals surface area contributed by atoms with E-state index >= 15 is 0 Å². The number of nitrogens with one attached hydrogen (secondary N) is 2. The van der Waals surface area contributed by atoms with Crippen molar-refractivity contribution in [1.29, 1.82) is 5.26 Å². The van der Waals surface area contributed by atoms with Crippen LogP contribution in [-0.4, -0.2) is 33.8 Å². The van der Waals surface area contributed by atoms with Gasteiger partial charge in [0.2, 0.25) is 5.95 Å². The molecule has 6 heteroatoms. The highest BCUT2D eigenvalue weighted by Gasteiger charge is 2.35. The van der Waals surface area contributed by atoms with Crippen molar-refractivity contribution in [3.05, 3.63) is 47.2 Å². The van der Waals surface area contributed by atoms with Crippen LogP contribution in [0.1, 0.15) is 56.7 Å². The molecule has 0 aliphatic heterocycles. The molecule has 1 heterocycles. The van der Waals surface area contributed by atoms with E-state index < -0.39 is 0 Å². The van der Waals surface area contributed by atoms with Crippen LogP contribution in [0.5, 0.6) is 0 Å². The highest BCUT2D eigenvalue weighted by atomic mass is 16.3. The van der Waals surface area contributed by atoms with Crippen molar-refractivity contribution < 1.29 is 5.11 Å². The van der Waals surface area contributed by atoms with Crippen LogP contribution < -0.4 is 10.6 Å². The lowest BCUT2D eigenvalue weighted by molar-refractivity contribution is 0.00926. The van der Waals surface area contributed by atoms with Gasteiger partial charge >= 0.3 is 0 Å². The van der Waals surface area contributed by atoms with E-state index in [0.29, 0.717) is 17.3 Å². The zero-order chi connectivity index (χ0) is 20.9. The summed E-state index contributed by atoms with van der Waals surface area (Å²) in [5.41, 5.74) is 2.90. The van der Waals surface area contributed by atoms with Crippen LogP contribution in [0.3, 0.4) is 0 Å². The molecule has 0 radical (unpaired) electrons. The van der Waals surface area contributed by atoms with Crippen molar-refractivity contribution >= 4 is 11.8 Å². The molecule has 0 unspecified atom stereocenters. The molecular formula is C23H31N5O. The largest absolute Gasteiger partial charge is 0.393 e. The fourth-order valence-corrected chi connectivity index (χ4v) is 3.86. The normalized spacial score (nSPS) is 20.7. The molecule has 0 saturated heterocycles. The third kappa shape index (κ3) is 5.45. The summed E-state index contributed by atoms with van der Waals surface area (Å²) >= 11 is 0.